The van der Waals surface area contributed by atoms with Crippen LogP contribution in [0.15, 0.2) is 0 Å². The molecule has 0 aromatic carbocycles. The fourth-order valence-corrected chi connectivity index (χ4v) is 1.80. The van der Waals surface area contributed by atoms with Crippen molar-refractivity contribution in [3.63, 3.8) is 0 Å². The molecule has 2 N–H and O–H groups in total. The zero-order valence-corrected chi connectivity index (χ0v) is 10.7. The average Bonchev–Trinajstić information content (AvgIpc) is 2.14. The Morgan fingerprint density at radius 3 is 2.62 bits per heavy atom. The second-order valence-corrected chi connectivity index (χ2v) is 5.13. The molecule has 0 radical (unpaired) electrons. The third-order valence-corrected chi connectivity index (χ3v) is 3.45. The number of amides is 2. The van der Waals surface area contributed by atoms with Gasteiger partial charge < -0.3 is 10.6 Å². The highest BCUT2D eigenvalue weighted by atomic mass is 32.2. The predicted octanol–water partition coefficient (Wildman–Crippen LogP) is 0.770. The minimum atomic E-state index is -0.421. The number of hydrogen-bond donors (Lipinski definition) is 2. The number of hydrogen-bond acceptors (Lipinski definition) is 3. The second kappa shape index (κ2) is 6.78. The van der Waals surface area contributed by atoms with Crippen LogP contribution in [0.25, 0.3) is 0 Å². The Balaban J connectivity index is 2.19. The van der Waals surface area contributed by atoms with Gasteiger partial charge in [-0.3, -0.25) is 9.59 Å². The SMILES string of the molecule is CSCCNC(=O)C(C)NC(=O)C1CCC1. The minimum absolute atomic E-state index is 0.0266. The molecule has 1 unspecified atom stereocenters. The maximum atomic E-state index is 11.6. The summed E-state index contributed by atoms with van der Waals surface area (Å²) in [5.41, 5.74) is 0. The summed E-state index contributed by atoms with van der Waals surface area (Å²) < 4.78 is 0. The van der Waals surface area contributed by atoms with E-state index in [2.05, 4.69) is 10.6 Å². The molecule has 16 heavy (non-hydrogen) atoms. The van der Waals surface area contributed by atoms with E-state index in [-0.39, 0.29) is 17.7 Å². The van der Waals surface area contributed by atoms with Crippen molar-refractivity contribution in [2.75, 3.05) is 18.6 Å². The normalized spacial score (nSPS) is 17.4. The summed E-state index contributed by atoms with van der Waals surface area (Å²) in [5, 5.41) is 5.54. The van der Waals surface area contributed by atoms with E-state index >= 15 is 0 Å². The standard InChI is InChI=1S/C11H20N2O2S/c1-8(10(14)12-6-7-16-2)13-11(15)9-4-3-5-9/h8-9H,3-7H2,1-2H3,(H,12,14)(H,13,15). The number of thioether (sulfide) groups is 1. The Bertz CT molecular complexity index is 254. The molecule has 1 aliphatic carbocycles. The molecule has 0 aromatic heterocycles. The van der Waals surface area contributed by atoms with Gasteiger partial charge in [-0.1, -0.05) is 6.42 Å². The van der Waals surface area contributed by atoms with Gasteiger partial charge in [-0.2, -0.15) is 11.8 Å². The fraction of sp³-hybridized carbons (Fsp3) is 0.818. The van der Waals surface area contributed by atoms with Gasteiger partial charge in [0.2, 0.25) is 11.8 Å². The van der Waals surface area contributed by atoms with Gasteiger partial charge in [0.15, 0.2) is 0 Å². The third kappa shape index (κ3) is 4.04. The molecule has 0 heterocycles. The first kappa shape index (κ1) is 13.4. The minimum Gasteiger partial charge on any atom is -0.353 e. The molecule has 5 heteroatoms. The van der Waals surface area contributed by atoms with Crippen molar-refractivity contribution >= 4 is 23.6 Å². The molecule has 4 nitrogen and oxygen atoms in total. The quantitative estimate of drug-likeness (QED) is 0.679. The van der Waals surface area contributed by atoms with Crippen molar-refractivity contribution in [1.29, 1.82) is 0 Å². The highest BCUT2D eigenvalue weighted by Crippen LogP contribution is 2.26. The van der Waals surface area contributed by atoms with E-state index in [1.54, 1.807) is 18.7 Å². The molecule has 1 atom stereocenters. The third-order valence-electron chi connectivity index (χ3n) is 2.83. The second-order valence-electron chi connectivity index (χ2n) is 4.14. The Morgan fingerprint density at radius 1 is 1.44 bits per heavy atom. The lowest BCUT2D eigenvalue weighted by Crippen LogP contribution is -2.48. The summed E-state index contributed by atoms with van der Waals surface area (Å²) in [4.78, 5) is 23.1. The monoisotopic (exact) mass is 244 g/mol. The molecule has 1 rings (SSSR count). The topological polar surface area (TPSA) is 58.2 Å². The van der Waals surface area contributed by atoms with Gasteiger partial charge in [0.05, 0.1) is 0 Å². The molecule has 0 saturated heterocycles. The van der Waals surface area contributed by atoms with Crippen molar-refractivity contribution in [3.05, 3.63) is 0 Å². The van der Waals surface area contributed by atoms with E-state index in [4.69, 9.17) is 0 Å². The highest BCUT2D eigenvalue weighted by molar-refractivity contribution is 7.98. The van der Waals surface area contributed by atoms with Crippen LogP contribution in [-0.2, 0) is 9.59 Å². The molecule has 1 aliphatic rings. The highest BCUT2D eigenvalue weighted by Gasteiger charge is 2.27. The van der Waals surface area contributed by atoms with Gasteiger partial charge in [-0.15, -0.1) is 0 Å². The average molecular weight is 244 g/mol. The van der Waals surface area contributed by atoms with Crippen LogP contribution in [0.5, 0.6) is 0 Å². The van der Waals surface area contributed by atoms with Crippen LogP contribution in [0.2, 0.25) is 0 Å². The van der Waals surface area contributed by atoms with Crippen LogP contribution < -0.4 is 10.6 Å². The van der Waals surface area contributed by atoms with Crippen LogP contribution in [0.1, 0.15) is 26.2 Å². The van der Waals surface area contributed by atoms with Crippen LogP contribution in [-0.4, -0.2) is 36.4 Å². The number of carbonyl (C=O) groups is 2. The van der Waals surface area contributed by atoms with Crippen molar-refractivity contribution in [3.8, 4) is 0 Å². The van der Waals surface area contributed by atoms with Gasteiger partial charge in [0.1, 0.15) is 6.04 Å². The van der Waals surface area contributed by atoms with Gasteiger partial charge in [-0.05, 0) is 26.0 Å². The summed E-state index contributed by atoms with van der Waals surface area (Å²) in [6.07, 6.45) is 5.06. The molecule has 0 bridgehead atoms. The molecule has 2 amide bonds. The van der Waals surface area contributed by atoms with E-state index < -0.39 is 6.04 Å². The Kier molecular flexibility index (Phi) is 5.66. The van der Waals surface area contributed by atoms with Crippen LogP contribution in [0.4, 0.5) is 0 Å². The van der Waals surface area contributed by atoms with Gasteiger partial charge in [0.25, 0.3) is 0 Å². The molecular formula is C11H20N2O2S. The van der Waals surface area contributed by atoms with Gasteiger partial charge >= 0.3 is 0 Å². The summed E-state index contributed by atoms with van der Waals surface area (Å²) in [6, 6.07) is -0.421. The first-order valence-corrected chi connectivity index (χ1v) is 7.11. The maximum absolute atomic E-state index is 11.6. The fourth-order valence-electron chi connectivity index (χ4n) is 1.50. The molecule has 1 fully saturated rings. The Labute approximate surface area is 101 Å². The number of carbonyl (C=O) groups excluding carboxylic acids is 2. The van der Waals surface area contributed by atoms with Crippen LogP contribution in [0.3, 0.4) is 0 Å². The lowest BCUT2D eigenvalue weighted by Gasteiger charge is -2.25. The van der Waals surface area contributed by atoms with E-state index in [1.165, 1.54) is 0 Å². The molecule has 92 valence electrons. The molecular weight excluding hydrogens is 224 g/mol. The van der Waals surface area contributed by atoms with Crippen LogP contribution >= 0.6 is 11.8 Å². The summed E-state index contributed by atoms with van der Waals surface area (Å²) in [7, 11) is 0. The summed E-state index contributed by atoms with van der Waals surface area (Å²) in [5.74, 6) is 0.969. The van der Waals surface area contributed by atoms with Crippen molar-refractivity contribution in [2.45, 2.75) is 32.2 Å². The Morgan fingerprint density at radius 2 is 2.12 bits per heavy atom. The first-order valence-electron chi connectivity index (χ1n) is 5.72. The van der Waals surface area contributed by atoms with E-state index in [0.29, 0.717) is 6.54 Å². The molecule has 0 aromatic rings. The van der Waals surface area contributed by atoms with Gasteiger partial charge in [0, 0.05) is 18.2 Å². The molecule has 0 spiro atoms. The zero-order valence-electron chi connectivity index (χ0n) is 9.91. The number of nitrogens with one attached hydrogen (secondary N) is 2. The van der Waals surface area contributed by atoms with E-state index in [0.717, 1.165) is 25.0 Å². The largest absolute Gasteiger partial charge is 0.353 e. The smallest absolute Gasteiger partial charge is 0.242 e. The number of rotatable bonds is 6. The molecule has 1 saturated carbocycles. The van der Waals surface area contributed by atoms with E-state index in [9.17, 15) is 9.59 Å². The first-order chi connectivity index (χ1) is 7.65. The van der Waals surface area contributed by atoms with E-state index in [1.807, 2.05) is 6.26 Å². The lowest BCUT2D eigenvalue weighted by atomic mass is 9.84. The van der Waals surface area contributed by atoms with Crippen molar-refractivity contribution < 1.29 is 9.59 Å². The summed E-state index contributed by atoms with van der Waals surface area (Å²) >= 11 is 1.68. The molecule has 0 aliphatic heterocycles. The van der Waals surface area contributed by atoms with Crippen LogP contribution in [0, 0.1) is 5.92 Å². The van der Waals surface area contributed by atoms with Crippen molar-refractivity contribution in [2.24, 2.45) is 5.92 Å². The predicted molar refractivity (Wildman–Crippen MR) is 66.3 cm³/mol. The summed E-state index contributed by atoms with van der Waals surface area (Å²) in [6.45, 7) is 2.38. The zero-order chi connectivity index (χ0) is 12.0. The Hall–Kier alpha value is -0.710. The van der Waals surface area contributed by atoms with Gasteiger partial charge in [-0.25, -0.2) is 0 Å². The lowest BCUT2D eigenvalue weighted by molar-refractivity contribution is -0.132. The van der Waals surface area contributed by atoms with Crippen molar-refractivity contribution in [1.82, 2.24) is 10.6 Å². The maximum Gasteiger partial charge on any atom is 0.242 e.